The van der Waals surface area contributed by atoms with Crippen molar-refractivity contribution >= 4 is 11.6 Å². The van der Waals surface area contributed by atoms with Gasteiger partial charge in [-0.05, 0) is 30.3 Å². The summed E-state index contributed by atoms with van der Waals surface area (Å²) in [6.45, 7) is 0. The van der Waals surface area contributed by atoms with Gasteiger partial charge in [-0.1, -0.05) is 12.1 Å². The van der Waals surface area contributed by atoms with Gasteiger partial charge in [0, 0.05) is 5.56 Å². The molecule has 0 aliphatic carbocycles. The average molecular weight is 305 g/mol. The van der Waals surface area contributed by atoms with E-state index >= 15 is 0 Å². The lowest BCUT2D eigenvalue weighted by Crippen LogP contribution is -2.07. The monoisotopic (exact) mass is 304 g/mol. The predicted molar refractivity (Wildman–Crippen MR) is 67.5 cm³/mol. The lowest BCUT2D eigenvalue weighted by atomic mass is 10.2. The van der Waals surface area contributed by atoms with Gasteiger partial charge in [-0.2, -0.15) is 13.2 Å². The van der Waals surface area contributed by atoms with Crippen LogP contribution in [0.15, 0.2) is 42.5 Å². The van der Waals surface area contributed by atoms with E-state index in [1.807, 2.05) is 0 Å². The van der Waals surface area contributed by atoms with Gasteiger partial charge in [0.1, 0.15) is 17.3 Å². The molecule has 0 amide bonds. The van der Waals surface area contributed by atoms with Crippen molar-refractivity contribution in [2.75, 3.05) is 0 Å². The largest absolute Gasteiger partial charge is 0.456 e. The smallest absolute Gasteiger partial charge is 0.419 e. The summed E-state index contributed by atoms with van der Waals surface area (Å²) < 4.78 is 56.8. The van der Waals surface area contributed by atoms with Crippen LogP contribution >= 0.6 is 11.6 Å². The van der Waals surface area contributed by atoms with Crippen LogP contribution < -0.4 is 4.74 Å². The summed E-state index contributed by atoms with van der Waals surface area (Å²) in [6, 6.07) is 8.28. The van der Waals surface area contributed by atoms with Gasteiger partial charge < -0.3 is 4.74 Å². The normalized spacial score (nSPS) is 11.4. The Labute approximate surface area is 117 Å². The van der Waals surface area contributed by atoms with E-state index in [1.54, 1.807) is 0 Å². The maximum absolute atomic E-state index is 13.0. The molecule has 0 aromatic heterocycles. The van der Waals surface area contributed by atoms with Gasteiger partial charge in [0.2, 0.25) is 0 Å². The third-order valence-electron chi connectivity index (χ3n) is 2.58. The lowest BCUT2D eigenvalue weighted by molar-refractivity contribution is -0.138. The zero-order chi connectivity index (χ0) is 14.8. The van der Waals surface area contributed by atoms with Crippen molar-refractivity contribution in [3.8, 4) is 11.5 Å². The van der Waals surface area contributed by atoms with Crippen LogP contribution in [0.4, 0.5) is 17.6 Å². The number of rotatable bonds is 3. The van der Waals surface area contributed by atoms with Gasteiger partial charge in [-0.25, -0.2) is 4.39 Å². The van der Waals surface area contributed by atoms with Gasteiger partial charge in [0.15, 0.2) is 0 Å². The Morgan fingerprint density at radius 3 is 2.35 bits per heavy atom. The summed E-state index contributed by atoms with van der Waals surface area (Å²) >= 11 is 5.63. The molecule has 106 valence electrons. The van der Waals surface area contributed by atoms with Crippen LogP contribution in [0.5, 0.6) is 11.5 Å². The molecule has 0 radical (unpaired) electrons. The molecule has 0 spiro atoms. The van der Waals surface area contributed by atoms with Crippen LogP contribution in [-0.4, -0.2) is 0 Å². The van der Waals surface area contributed by atoms with E-state index in [-0.39, 0.29) is 22.9 Å². The maximum atomic E-state index is 13.0. The number of benzene rings is 2. The van der Waals surface area contributed by atoms with Gasteiger partial charge in [-0.3, -0.25) is 0 Å². The van der Waals surface area contributed by atoms with E-state index in [4.69, 9.17) is 16.3 Å². The molecule has 20 heavy (non-hydrogen) atoms. The highest BCUT2D eigenvalue weighted by molar-refractivity contribution is 6.17. The third kappa shape index (κ3) is 3.22. The van der Waals surface area contributed by atoms with Gasteiger partial charge >= 0.3 is 6.18 Å². The summed E-state index contributed by atoms with van der Waals surface area (Å²) in [4.78, 5) is 0. The highest BCUT2D eigenvalue weighted by Crippen LogP contribution is 2.38. The summed E-state index contributed by atoms with van der Waals surface area (Å²) in [7, 11) is 0. The number of halogens is 5. The quantitative estimate of drug-likeness (QED) is 0.547. The first-order valence-corrected chi connectivity index (χ1v) is 6.13. The standard InChI is InChI=1S/C14H9ClF4O/c15-8-9-7-10(16)5-6-12(9)20-13-4-2-1-3-11(13)14(17,18)19/h1-7H,8H2. The SMILES string of the molecule is Fc1ccc(Oc2ccccc2C(F)(F)F)c(CCl)c1. The van der Waals surface area contributed by atoms with Crippen molar-refractivity contribution in [3.05, 3.63) is 59.4 Å². The van der Waals surface area contributed by atoms with Crippen molar-refractivity contribution in [1.82, 2.24) is 0 Å². The first-order valence-electron chi connectivity index (χ1n) is 5.60. The molecule has 2 aromatic rings. The summed E-state index contributed by atoms with van der Waals surface area (Å²) in [6.07, 6.45) is -4.53. The highest BCUT2D eigenvalue weighted by atomic mass is 35.5. The van der Waals surface area contributed by atoms with Crippen LogP contribution in [0.1, 0.15) is 11.1 Å². The minimum absolute atomic E-state index is 0.0682. The highest BCUT2D eigenvalue weighted by Gasteiger charge is 2.34. The second-order valence-electron chi connectivity index (χ2n) is 3.98. The molecule has 2 rings (SSSR count). The zero-order valence-corrected chi connectivity index (χ0v) is 10.8. The van der Waals surface area contributed by atoms with Crippen molar-refractivity contribution < 1.29 is 22.3 Å². The van der Waals surface area contributed by atoms with Crippen LogP contribution in [0.25, 0.3) is 0 Å². The van der Waals surface area contributed by atoms with E-state index in [9.17, 15) is 17.6 Å². The fourth-order valence-corrected chi connectivity index (χ4v) is 1.87. The van der Waals surface area contributed by atoms with E-state index in [0.29, 0.717) is 0 Å². The molecule has 0 fully saturated rings. The van der Waals surface area contributed by atoms with Crippen LogP contribution in [0, 0.1) is 5.82 Å². The Morgan fingerprint density at radius 1 is 1.00 bits per heavy atom. The molecule has 0 unspecified atom stereocenters. The Bertz CT molecular complexity index is 610. The van der Waals surface area contributed by atoms with Crippen molar-refractivity contribution in [2.24, 2.45) is 0 Å². The molecular formula is C14H9ClF4O. The molecule has 0 aliphatic rings. The second-order valence-corrected chi connectivity index (χ2v) is 4.25. The lowest BCUT2D eigenvalue weighted by Gasteiger charge is -2.15. The molecule has 0 bridgehead atoms. The Kier molecular flexibility index (Phi) is 4.18. The zero-order valence-electron chi connectivity index (χ0n) is 10.0. The third-order valence-corrected chi connectivity index (χ3v) is 2.87. The number of hydrogen-bond donors (Lipinski definition) is 0. The molecule has 0 heterocycles. The summed E-state index contributed by atoms with van der Waals surface area (Å²) in [5.74, 6) is -0.852. The molecule has 6 heteroatoms. The molecule has 0 aliphatic heterocycles. The predicted octanol–water partition coefficient (Wildman–Crippen LogP) is 5.38. The van der Waals surface area contributed by atoms with Crippen LogP contribution in [-0.2, 0) is 12.1 Å². The molecule has 0 atom stereocenters. The van der Waals surface area contributed by atoms with Gasteiger partial charge in [0.25, 0.3) is 0 Å². The summed E-state index contributed by atoms with van der Waals surface area (Å²) in [5, 5.41) is 0. The van der Waals surface area contributed by atoms with Crippen molar-refractivity contribution in [2.45, 2.75) is 12.1 Å². The molecule has 2 aromatic carbocycles. The van der Waals surface area contributed by atoms with Crippen molar-refractivity contribution in [1.29, 1.82) is 0 Å². The van der Waals surface area contributed by atoms with Gasteiger partial charge in [0.05, 0.1) is 11.4 Å². The minimum Gasteiger partial charge on any atom is -0.456 e. The Hall–Kier alpha value is -1.75. The Balaban J connectivity index is 2.41. The van der Waals surface area contributed by atoms with E-state index in [0.717, 1.165) is 18.2 Å². The fourth-order valence-electron chi connectivity index (χ4n) is 1.66. The average Bonchev–Trinajstić information content (AvgIpc) is 2.40. The first kappa shape index (κ1) is 14.7. The van der Waals surface area contributed by atoms with Crippen LogP contribution in [0.2, 0.25) is 0 Å². The molecule has 1 nitrogen and oxygen atoms in total. The van der Waals surface area contributed by atoms with E-state index in [2.05, 4.69) is 0 Å². The molecule has 0 N–H and O–H groups in total. The van der Waals surface area contributed by atoms with E-state index in [1.165, 1.54) is 24.3 Å². The molecular weight excluding hydrogens is 296 g/mol. The number of hydrogen-bond acceptors (Lipinski definition) is 1. The topological polar surface area (TPSA) is 9.23 Å². The molecule has 0 saturated heterocycles. The fraction of sp³-hybridized carbons (Fsp3) is 0.143. The minimum atomic E-state index is -4.53. The summed E-state index contributed by atoms with van der Waals surface area (Å²) in [5.41, 5.74) is -0.617. The van der Waals surface area contributed by atoms with Crippen molar-refractivity contribution in [3.63, 3.8) is 0 Å². The van der Waals surface area contributed by atoms with Crippen LogP contribution in [0.3, 0.4) is 0 Å². The Morgan fingerprint density at radius 2 is 1.70 bits per heavy atom. The number of ether oxygens (including phenoxy) is 1. The number of para-hydroxylation sites is 1. The first-order chi connectivity index (χ1) is 9.41. The molecule has 0 saturated carbocycles. The second kappa shape index (κ2) is 5.71. The van der Waals surface area contributed by atoms with Gasteiger partial charge in [-0.15, -0.1) is 11.6 Å². The van der Waals surface area contributed by atoms with E-state index < -0.39 is 17.6 Å². The number of alkyl halides is 4. The maximum Gasteiger partial charge on any atom is 0.419 e.